The fourth-order valence-corrected chi connectivity index (χ4v) is 1.49. The molecule has 0 aromatic heterocycles. The third-order valence-electron chi connectivity index (χ3n) is 1.13. The van der Waals surface area contributed by atoms with Crippen LogP contribution in [0.15, 0.2) is 0 Å². The molecule has 0 aliphatic carbocycles. The Hall–Kier alpha value is 1.34. The molecule has 0 aromatic carbocycles. The van der Waals surface area contributed by atoms with Gasteiger partial charge in [0.05, 0.1) is 18.8 Å². The zero-order valence-electron chi connectivity index (χ0n) is 11.0. The van der Waals surface area contributed by atoms with Crippen molar-refractivity contribution >= 4 is 16.1 Å². The number of hydrogen-bond acceptors (Lipinski definition) is 5. The van der Waals surface area contributed by atoms with Crippen LogP contribution in [-0.4, -0.2) is 43.6 Å². The molecule has 0 bridgehead atoms. The molecule has 0 saturated carbocycles. The summed E-state index contributed by atoms with van der Waals surface area (Å²) in [7, 11) is -3.66. The first kappa shape index (κ1) is 21.6. The van der Waals surface area contributed by atoms with Crippen LogP contribution in [0, 0.1) is 0 Å². The first-order valence-electron chi connectivity index (χ1n) is 3.67. The molecule has 0 fully saturated rings. The van der Waals surface area contributed by atoms with Gasteiger partial charge in [-0.25, -0.2) is 0 Å². The summed E-state index contributed by atoms with van der Waals surface area (Å²) in [5.74, 6) is -1.40. The first-order valence-corrected chi connectivity index (χ1v) is 5.25. The number of aliphatic hydroxyl groups is 1. The predicted molar refractivity (Wildman–Crippen MR) is 45.9 cm³/mol. The largest absolute Gasteiger partial charge is 1.00 e. The Bertz CT molecular complexity index is 261. The van der Waals surface area contributed by atoms with E-state index in [4.69, 9.17) is 10.2 Å². The van der Waals surface area contributed by atoms with Crippen LogP contribution in [0.5, 0.6) is 0 Å². The van der Waals surface area contributed by atoms with Gasteiger partial charge in [0.15, 0.2) is 0 Å². The van der Waals surface area contributed by atoms with Gasteiger partial charge in [-0.1, -0.05) is 0 Å². The van der Waals surface area contributed by atoms with Gasteiger partial charge in [0.25, 0.3) is 10.1 Å². The second kappa shape index (κ2) is 11.8. The second-order valence-corrected chi connectivity index (χ2v) is 4.06. The van der Waals surface area contributed by atoms with E-state index in [0.29, 0.717) is 0 Å². The molecule has 82 valence electrons. The topological polar surface area (TPSA) is 101 Å². The molecular formula is C6H14Na2O6S. The van der Waals surface area contributed by atoms with Crippen molar-refractivity contribution in [1.29, 1.82) is 0 Å². The quantitative estimate of drug-likeness (QED) is 0.349. The molecule has 9 heteroatoms. The molecule has 0 rings (SSSR count). The van der Waals surface area contributed by atoms with E-state index in [2.05, 4.69) is 4.18 Å². The molecule has 0 saturated heterocycles. The van der Waals surface area contributed by atoms with E-state index in [9.17, 15) is 13.2 Å². The van der Waals surface area contributed by atoms with Crippen molar-refractivity contribution in [2.45, 2.75) is 12.8 Å². The van der Waals surface area contributed by atoms with E-state index >= 15 is 0 Å². The van der Waals surface area contributed by atoms with E-state index in [0.717, 1.165) is 0 Å². The van der Waals surface area contributed by atoms with Crippen molar-refractivity contribution in [2.75, 3.05) is 19.0 Å². The van der Waals surface area contributed by atoms with E-state index in [-0.39, 0.29) is 93.8 Å². The number of rotatable bonds is 7. The summed E-state index contributed by atoms with van der Waals surface area (Å²) in [5, 5.41) is 16.5. The van der Waals surface area contributed by atoms with Crippen LogP contribution in [0.2, 0.25) is 0 Å². The average Bonchev–Trinajstić information content (AvgIpc) is 2.00. The summed E-state index contributed by atoms with van der Waals surface area (Å²) in [6.45, 7) is -0.593. The van der Waals surface area contributed by atoms with Gasteiger partial charge in [-0.15, -0.1) is 0 Å². The smallest absolute Gasteiger partial charge is 1.00 e. The molecule has 2 N–H and O–H groups in total. The van der Waals surface area contributed by atoms with Gasteiger partial charge >= 0.3 is 65.1 Å². The molecule has 0 radical (unpaired) electrons. The van der Waals surface area contributed by atoms with Gasteiger partial charge in [0, 0.05) is 6.61 Å². The normalized spacial score (nSPS) is 9.93. The molecule has 0 amide bonds. The minimum atomic E-state index is -3.66. The van der Waals surface area contributed by atoms with Crippen molar-refractivity contribution in [3.63, 3.8) is 0 Å². The molecule has 0 atom stereocenters. The number of carbonyl (C=O) groups is 1. The summed E-state index contributed by atoms with van der Waals surface area (Å²) in [6.07, 6.45) is -0.256. The zero-order chi connectivity index (χ0) is 10.3. The van der Waals surface area contributed by atoms with Crippen LogP contribution in [0.1, 0.15) is 15.7 Å². The van der Waals surface area contributed by atoms with Gasteiger partial charge in [-0.2, -0.15) is 8.42 Å². The number of carboxylic acids is 1. The molecule has 0 unspecified atom stereocenters. The first-order chi connectivity index (χ1) is 5.98. The molecule has 0 spiro atoms. The fourth-order valence-electron chi connectivity index (χ4n) is 0.556. The van der Waals surface area contributed by atoms with E-state index in [1.165, 1.54) is 0 Å². The van der Waals surface area contributed by atoms with Gasteiger partial charge in [-0.3, -0.25) is 8.98 Å². The third-order valence-corrected chi connectivity index (χ3v) is 2.45. The minimum absolute atomic E-state index is 0. The Morgan fingerprint density at radius 1 is 1.33 bits per heavy atom. The minimum Gasteiger partial charge on any atom is -1.00 e. The maximum atomic E-state index is 10.8. The third kappa shape index (κ3) is 15.3. The Morgan fingerprint density at radius 3 is 2.27 bits per heavy atom. The molecule has 0 aromatic rings. The maximum absolute atomic E-state index is 10.8. The molecular weight excluding hydrogens is 246 g/mol. The van der Waals surface area contributed by atoms with Crippen molar-refractivity contribution in [2.24, 2.45) is 0 Å². The monoisotopic (exact) mass is 260 g/mol. The molecule has 0 aliphatic rings. The van der Waals surface area contributed by atoms with Crippen molar-refractivity contribution in [1.82, 2.24) is 0 Å². The van der Waals surface area contributed by atoms with Gasteiger partial charge in [0.2, 0.25) is 0 Å². The van der Waals surface area contributed by atoms with Crippen molar-refractivity contribution in [3.8, 4) is 0 Å². The molecule has 0 aliphatic heterocycles. The maximum Gasteiger partial charge on any atom is 1.00 e. The number of hydrogen-bond donors (Lipinski definition) is 2. The average molecular weight is 260 g/mol. The Morgan fingerprint density at radius 2 is 1.87 bits per heavy atom. The summed E-state index contributed by atoms with van der Waals surface area (Å²) >= 11 is 0. The number of aliphatic carboxylic acids is 1. The van der Waals surface area contributed by atoms with E-state index < -0.39 is 16.1 Å². The van der Waals surface area contributed by atoms with Gasteiger partial charge in [-0.05, 0) is 6.42 Å². The van der Waals surface area contributed by atoms with Crippen LogP contribution >= 0.6 is 0 Å². The standard InChI is InChI=1S/C6H12O6S.2Na.2H/c7-3-1-5-13(10,11)12-4-2-6(8)9;;;;/h7H,1-5H2,(H,8,9);;;;/q;2*+1;2*-1. The number of aliphatic hydroxyl groups excluding tert-OH is 1. The fraction of sp³-hybridized carbons (Fsp3) is 0.833. The van der Waals surface area contributed by atoms with Crippen LogP contribution in [0.4, 0.5) is 0 Å². The second-order valence-electron chi connectivity index (χ2n) is 2.30. The van der Waals surface area contributed by atoms with E-state index in [1.54, 1.807) is 0 Å². The Balaban J connectivity index is -0.000000120. The Labute approximate surface area is 136 Å². The molecule has 6 nitrogen and oxygen atoms in total. The summed E-state index contributed by atoms with van der Waals surface area (Å²) in [4.78, 5) is 9.98. The molecule has 15 heavy (non-hydrogen) atoms. The van der Waals surface area contributed by atoms with Crippen LogP contribution in [-0.2, 0) is 19.1 Å². The van der Waals surface area contributed by atoms with Crippen LogP contribution in [0.3, 0.4) is 0 Å². The Kier molecular flexibility index (Phi) is 17.0. The number of carboxylic acid groups (broad SMARTS) is 1. The SMILES string of the molecule is O=C(O)CCOS(=O)(=O)CCCO.[H-].[H-].[Na+].[Na+]. The summed E-state index contributed by atoms with van der Waals surface area (Å²) < 4.78 is 26.0. The van der Waals surface area contributed by atoms with E-state index in [1.807, 2.05) is 0 Å². The van der Waals surface area contributed by atoms with Crippen LogP contribution < -0.4 is 59.1 Å². The van der Waals surface area contributed by atoms with Crippen LogP contribution in [0.25, 0.3) is 0 Å². The summed E-state index contributed by atoms with van der Waals surface area (Å²) in [6, 6.07) is 0. The van der Waals surface area contributed by atoms with Gasteiger partial charge < -0.3 is 13.1 Å². The van der Waals surface area contributed by atoms with Crippen molar-refractivity contribution < 1.29 is 89.6 Å². The zero-order valence-corrected chi connectivity index (χ0v) is 13.8. The van der Waals surface area contributed by atoms with Gasteiger partial charge in [0.1, 0.15) is 0 Å². The molecule has 0 heterocycles. The predicted octanol–water partition coefficient (Wildman–Crippen LogP) is -6.58. The van der Waals surface area contributed by atoms with Crippen molar-refractivity contribution in [3.05, 3.63) is 0 Å². The summed E-state index contributed by atoms with van der Waals surface area (Å²) in [5.41, 5.74) is 0.